The maximum Gasteiger partial charge on any atom is 0.573 e. The van der Waals surface area contributed by atoms with E-state index in [1.54, 1.807) is 6.92 Å². The molecule has 0 aromatic heterocycles. The number of ether oxygens (including phenoxy) is 2. The van der Waals surface area contributed by atoms with Crippen LogP contribution < -0.4 is 15.2 Å². The molecule has 0 aliphatic carbocycles. The van der Waals surface area contributed by atoms with Crippen molar-refractivity contribution in [1.29, 1.82) is 0 Å². The van der Waals surface area contributed by atoms with Gasteiger partial charge < -0.3 is 15.2 Å². The van der Waals surface area contributed by atoms with E-state index in [0.717, 1.165) is 18.2 Å². The molecule has 4 nitrogen and oxygen atoms in total. The molecule has 0 heterocycles. The number of carbonyl (C=O) groups is 1. The predicted molar refractivity (Wildman–Crippen MR) is 52.8 cm³/mol. The number of benzene rings is 1. The highest BCUT2D eigenvalue weighted by atomic mass is 19.4. The first kappa shape index (κ1) is 13.1. The highest BCUT2D eigenvalue weighted by Gasteiger charge is 2.32. The molecule has 0 spiro atoms. The van der Waals surface area contributed by atoms with Crippen LogP contribution in [0.2, 0.25) is 0 Å². The first-order chi connectivity index (χ1) is 7.83. The second-order valence-corrected chi connectivity index (χ2v) is 3.01. The Bertz CT molecular complexity index is 418. The minimum atomic E-state index is -4.82. The van der Waals surface area contributed by atoms with Crippen molar-refractivity contribution in [3.05, 3.63) is 23.8 Å². The highest BCUT2D eigenvalue weighted by Crippen LogP contribution is 2.32. The molecule has 0 bridgehead atoms. The monoisotopic (exact) mass is 249 g/mol. The SMILES string of the molecule is CCOc1cc(C(N)=O)ccc1OC(F)(F)F. The number of primary amides is 1. The zero-order chi connectivity index (χ0) is 13.1. The molecule has 0 saturated carbocycles. The van der Waals surface area contributed by atoms with E-state index in [4.69, 9.17) is 10.5 Å². The van der Waals surface area contributed by atoms with Crippen LogP contribution in [0.1, 0.15) is 17.3 Å². The van der Waals surface area contributed by atoms with Gasteiger partial charge in [0, 0.05) is 5.56 Å². The fourth-order valence-electron chi connectivity index (χ4n) is 1.14. The van der Waals surface area contributed by atoms with Gasteiger partial charge in [-0.15, -0.1) is 13.2 Å². The van der Waals surface area contributed by atoms with E-state index in [0.29, 0.717) is 0 Å². The van der Waals surface area contributed by atoms with Crippen molar-refractivity contribution in [2.24, 2.45) is 5.73 Å². The number of carbonyl (C=O) groups excluding carboxylic acids is 1. The molecule has 1 rings (SSSR count). The van der Waals surface area contributed by atoms with Crippen LogP contribution in [0.3, 0.4) is 0 Å². The Kier molecular flexibility index (Phi) is 3.82. The van der Waals surface area contributed by atoms with Crippen LogP contribution in [0, 0.1) is 0 Å². The third-order valence-electron chi connectivity index (χ3n) is 1.75. The fraction of sp³-hybridized carbons (Fsp3) is 0.300. The summed E-state index contributed by atoms with van der Waals surface area (Å²) in [6.07, 6.45) is -4.82. The second-order valence-electron chi connectivity index (χ2n) is 3.01. The van der Waals surface area contributed by atoms with Gasteiger partial charge in [0.25, 0.3) is 0 Å². The Morgan fingerprint density at radius 1 is 1.35 bits per heavy atom. The topological polar surface area (TPSA) is 61.5 Å². The molecule has 0 unspecified atom stereocenters. The minimum absolute atomic E-state index is 0.0444. The number of hydrogen-bond acceptors (Lipinski definition) is 3. The average molecular weight is 249 g/mol. The van der Waals surface area contributed by atoms with Crippen LogP contribution in [-0.4, -0.2) is 18.9 Å². The van der Waals surface area contributed by atoms with Crippen LogP contribution in [0.5, 0.6) is 11.5 Å². The van der Waals surface area contributed by atoms with Gasteiger partial charge in [-0.3, -0.25) is 4.79 Å². The Balaban J connectivity index is 3.08. The maximum absolute atomic E-state index is 12.1. The molecule has 0 radical (unpaired) electrons. The van der Waals surface area contributed by atoms with Gasteiger partial charge in [-0.2, -0.15) is 0 Å². The summed E-state index contributed by atoms with van der Waals surface area (Å²) in [7, 11) is 0. The van der Waals surface area contributed by atoms with Crippen molar-refractivity contribution in [1.82, 2.24) is 0 Å². The Hall–Kier alpha value is -1.92. The zero-order valence-corrected chi connectivity index (χ0v) is 8.88. The lowest BCUT2D eigenvalue weighted by atomic mass is 10.2. The maximum atomic E-state index is 12.1. The summed E-state index contributed by atoms with van der Waals surface area (Å²) in [6, 6.07) is 3.22. The molecule has 1 aromatic rings. The van der Waals surface area contributed by atoms with E-state index < -0.39 is 18.0 Å². The second kappa shape index (κ2) is 4.94. The van der Waals surface area contributed by atoms with Gasteiger partial charge in [0.15, 0.2) is 11.5 Å². The number of amides is 1. The van der Waals surface area contributed by atoms with Gasteiger partial charge in [-0.1, -0.05) is 0 Å². The lowest BCUT2D eigenvalue weighted by Gasteiger charge is -2.13. The van der Waals surface area contributed by atoms with Gasteiger partial charge in [-0.25, -0.2) is 0 Å². The van der Waals surface area contributed by atoms with Crippen molar-refractivity contribution in [2.45, 2.75) is 13.3 Å². The lowest BCUT2D eigenvalue weighted by molar-refractivity contribution is -0.275. The van der Waals surface area contributed by atoms with Crippen molar-refractivity contribution < 1.29 is 27.4 Å². The summed E-state index contributed by atoms with van der Waals surface area (Å²) in [5.74, 6) is -1.45. The molecule has 1 aromatic carbocycles. The number of halogens is 3. The van der Waals surface area contributed by atoms with E-state index >= 15 is 0 Å². The smallest absolute Gasteiger partial charge is 0.490 e. The summed E-state index contributed by atoms with van der Waals surface area (Å²) < 4.78 is 44.8. The standard InChI is InChI=1S/C10H10F3NO3/c1-2-16-8-5-6(9(14)15)3-4-7(8)17-10(11,12)13/h3-5H,2H2,1H3,(H2,14,15). The first-order valence-electron chi connectivity index (χ1n) is 4.66. The van der Waals surface area contributed by atoms with Crippen molar-refractivity contribution in [3.8, 4) is 11.5 Å². The molecule has 17 heavy (non-hydrogen) atoms. The number of rotatable bonds is 4. The predicted octanol–water partition coefficient (Wildman–Crippen LogP) is 2.08. The average Bonchev–Trinajstić information content (AvgIpc) is 2.18. The Labute approximate surface area is 95.1 Å². The van der Waals surface area contributed by atoms with Gasteiger partial charge in [0.1, 0.15) is 0 Å². The fourth-order valence-corrected chi connectivity index (χ4v) is 1.14. The molecular formula is C10H10F3NO3. The van der Waals surface area contributed by atoms with Crippen molar-refractivity contribution in [3.63, 3.8) is 0 Å². The molecule has 0 atom stereocenters. The summed E-state index contributed by atoms with van der Waals surface area (Å²) in [5.41, 5.74) is 5.04. The molecule has 2 N–H and O–H groups in total. The van der Waals surface area contributed by atoms with Crippen LogP contribution in [0.15, 0.2) is 18.2 Å². The van der Waals surface area contributed by atoms with Gasteiger partial charge >= 0.3 is 6.36 Å². The minimum Gasteiger partial charge on any atom is -0.490 e. The van der Waals surface area contributed by atoms with Crippen molar-refractivity contribution >= 4 is 5.91 Å². The van der Waals surface area contributed by atoms with Crippen LogP contribution in [-0.2, 0) is 0 Å². The van der Waals surface area contributed by atoms with Crippen molar-refractivity contribution in [2.75, 3.05) is 6.61 Å². The summed E-state index contributed by atoms with van der Waals surface area (Å²) in [4.78, 5) is 10.9. The molecule has 0 saturated heterocycles. The zero-order valence-electron chi connectivity index (χ0n) is 8.88. The molecule has 1 amide bonds. The Morgan fingerprint density at radius 3 is 2.47 bits per heavy atom. The summed E-state index contributed by atoms with van der Waals surface area (Å²) in [6.45, 7) is 1.73. The molecular weight excluding hydrogens is 239 g/mol. The third kappa shape index (κ3) is 3.86. The largest absolute Gasteiger partial charge is 0.573 e. The van der Waals surface area contributed by atoms with Crippen LogP contribution in [0.4, 0.5) is 13.2 Å². The molecule has 0 fully saturated rings. The van der Waals surface area contributed by atoms with Gasteiger partial charge in [-0.05, 0) is 25.1 Å². The number of alkyl halides is 3. The van der Waals surface area contributed by atoms with Gasteiger partial charge in [0.2, 0.25) is 5.91 Å². The summed E-state index contributed by atoms with van der Waals surface area (Å²) in [5, 5.41) is 0. The van der Waals surface area contributed by atoms with E-state index in [9.17, 15) is 18.0 Å². The quantitative estimate of drug-likeness (QED) is 0.888. The van der Waals surface area contributed by atoms with E-state index in [-0.39, 0.29) is 17.9 Å². The molecule has 0 aliphatic rings. The van der Waals surface area contributed by atoms with E-state index in [1.807, 2.05) is 0 Å². The number of nitrogens with two attached hydrogens (primary N) is 1. The first-order valence-corrected chi connectivity index (χ1v) is 4.66. The molecule has 0 aliphatic heterocycles. The molecule has 7 heteroatoms. The summed E-state index contributed by atoms with van der Waals surface area (Å²) >= 11 is 0. The lowest BCUT2D eigenvalue weighted by Crippen LogP contribution is -2.18. The van der Waals surface area contributed by atoms with Gasteiger partial charge in [0.05, 0.1) is 6.61 Å². The van der Waals surface area contributed by atoms with Crippen LogP contribution in [0.25, 0.3) is 0 Å². The highest BCUT2D eigenvalue weighted by molar-refractivity contribution is 5.93. The number of hydrogen-bond donors (Lipinski definition) is 1. The molecule has 94 valence electrons. The Morgan fingerprint density at radius 2 is 2.00 bits per heavy atom. The third-order valence-corrected chi connectivity index (χ3v) is 1.75. The van der Waals surface area contributed by atoms with E-state index in [1.165, 1.54) is 0 Å². The van der Waals surface area contributed by atoms with E-state index in [2.05, 4.69) is 4.74 Å². The normalized spacial score (nSPS) is 11.1. The van der Waals surface area contributed by atoms with Crippen LogP contribution >= 0.6 is 0 Å².